The number of para-hydroxylation sites is 1. The van der Waals surface area contributed by atoms with E-state index in [0.29, 0.717) is 0 Å². The lowest BCUT2D eigenvalue weighted by Crippen LogP contribution is -2.52. The van der Waals surface area contributed by atoms with E-state index in [1.165, 1.54) is 69.7 Å². The Bertz CT molecular complexity index is 520. The number of nitrogens with zero attached hydrogens (tertiary/aromatic N) is 3. The van der Waals surface area contributed by atoms with Crippen LogP contribution in [0.2, 0.25) is 0 Å². The van der Waals surface area contributed by atoms with E-state index in [-0.39, 0.29) is 0 Å². The van der Waals surface area contributed by atoms with E-state index in [9.17, 15) is 0 Å². The highest BCUT2D eigenvalue weighted by molar-refractivity contribution is 5.39. The third kappa shape index (κ3) is 5.19. The van der Waals surface area contributed by atoms with Crippen molar-refractivity contribution in [2.24, 2.45) is 0 Å². The number of likely N-dealkylation sites (tertiary alicyclic amines) is 1. The predicted octanol–water partition coefficient (Wildman–Crippen LogP) is 2.78. The van der Waals surface area contributed by atoms with Crippen molar-refractivity contribution < 1.29 is 4.74 Å². The number of ether oxygens (including phenoxy) is 1. The number of piperidine rings is 1. The molecule has 0 amide bonds. The van der Waals surface area contributed by atoms with Gasteiger partial charge in [-0.2, -0.15) is 0 Å². The molecule has 140 valence electrons. The van der Waals surface area contributed by atoms with E-state index in [2.05, 4.69) is 53.8 Å². The summed E-state index contributed by atoms with van der Waals surface area (Å²) >= 11 is 0. The van der Waals surface area contributed by atoms with Crippen LogP contribution in [-0.2, 0) is 0 Å². The molecule has 1 unspecified atom stereocenters. The average molecular weight is 346 g/mol. The van der Waals surface area contributed by atoms with Crippen molar-refractivity contribution in [1.29, 1.82) is 0 Å². The van der Waals surface area contributed by atoms with Crippen molar-refractivity contribution in [2.45, 2.75) is 39.2 Å². The molecule has 2 aliphatic rings. The first-order valence-corrected chi connectivity index (χ1v) is 9.97. The zero-order valence-electron chi connectivity index (χ0n) is 16.3. The van der Waals surface area contributed by atoms with E-state index < -0.39 is 0 Å². The quantitative estimate of drug-likeness (QED) is 0.789. The van der Waals surface area contributed by atoms with Gasteiger partial charge in [-0.15, -0.1) is 0 Å². The van der Waals surface area contributed by atoms with E-state index in [0.717, 1.165) is 24.9 Å². The molecular formula is C21H35N3O. The van der Waals surface area contributed by atoms with Gasteiger partial charge in [0.05, 0.1) is 0 Å². The second-order valence-corrected chi connectivity index (χ2v) is 7.84. The van der Waals surface area contributed by atoms with Crippen molar-refractivity contribution in [1.82, 2.24) is 14.7 Å². The lowest BCUT2D eigenvalue weighted by atomic mass is 10.0. The third-order valence-electron chi connectivity index (χ3n) is 5.92. The molecule has 0 bridgehead atoms. The topological polar surface area (TPSA) is 19.0 Å². The summed E-state index contributed by atoms with van der Waals surface area (Å²) < 4.78 is 6.07. The fourth-order valence-corrected chi connectivity index (χ4v) is 4.17. The number of piperazine rings is 1. The van der Waals surface area contributed by atoms with Crippen LogP contribution in [0.15, 0.2) is 18.2 Å². The zero-order valence-corrected chi connectivity index (χ0v) is 16.3. The molecule has 2 heterocycles. The van der Waals surface area contributed by atoms with Crippen LogP contribution in [0.1, 0.15) is 30.4 Å². The van der Waals surface area contributed by atoms with E-state index >= 15 is 0 Å². The Morgan fingerprint density at radius 3 is 2.32 bits per heavy atom. The smallest absolute Gasteiger partial charge is 0.125 e. The molecule has 2 fully saturated rings. The van der Waals surface area contributed by atoms with E-state index in [4.69, 9.17) is 4.74 Å². The van der Waals surface area contributed by atoms with Gasteiger partial charge < -0.3 is 9.64 Å². The number of aryl methyl sites for hydroxylation is 2. The molecule has 3 rings (SSSR count). The van der Waals surface area contributed by atoms with Gasteiger partial charge in [0.1, 0.15) is 12.4 Å². The first-order valence-electron chi connectivity index (χ1n) is 9.97. The maximum Gasteiger partial charge on any atom is 0.125 e. The molecule has 0 radical (unpaired) electrons. The largest absolute Gasteiger partial charge is 0.492 e. The normalized spacial score (nSPS) is 23.7. The summed E-state index contributed by atoms with van der Waals surface area (Å²) in [5, 5.41) is 0. The van der Waals surface area contributed by atoms with Gasteiger partial charge in [-0.25, -0.2) is 0 Å². The molecule has 0 aromatic heterocycles. The van der Waals surface area contributed by atoms with Gasteiger partial charge in [0.2, 0.25) is 0 Å². The van der Waals surface area contributed by atoms with Crippen molar-refractivity contribution in [2.75, 3.05) is 59.5 Å². The van der Waals surface area contributed by atoms with Crippen molar-refractivity contribution in [3.05, 3.63) is 29.3 Å². The first-order chi connectivity index (χ1) is 12.1. The Morgan fingerprint density at radius 2 is 1.64 bits per heavy atom. The summed E-state index contributed by atoms with van der Waals surface area (Å²) in [6.45, 7) is 13.4. The molecule has 1 aromatic carbocycles. The lowest BCUT2D eigenvalue weighted by molar-refractivity contribution is 0.0784. The second kappa shape index (κ2) is 9.02. The number of hydrogen-bond donors (Lipinski definition) is 0. The summed E-state index contributed by atoms with van der Waals surface area (Å²) in [4.78, 5) is 7.78. The van der Waals surface area contributed by atoms with Gasteiger partial charge in [-0.3, -0.25) is 9.80 Å². The Hall–Kier alpha value is -1.10. The van der Waals surface area contributed by atoms with Crippen molar-refractivity contribution in [3.8, 4) is 5.75 Å². The molecule has 2 aliphatic heterocycles. The van der Waals surface area contributed by atoms with Gasteiger partial charge in [-0.05, 0) is 51.4 Å². The fraction of sp³-hybridized carbons (Fsp3) is 0.714. The van der Waals surface area contributed by atoms with Crippen LogP contribution in [-0.4, -0.2) is 80.2 Å². The molecule has 0 aliphatic carbocycles. The highest BCUT2D eigenvalue weighted by atomic mass is 16.5. The molecular weight excluding hydrogens is 310 g/mol. The van der Waals surface area contributed by atoms with Crippen LogP contribution >= 0.6 is 0 Å². The highest BCUT2D eigenvalue weighted by Gasteiger charge is 2.24. The Kier molecular flexibility index (Phi) is 6.74. The molecule has 0 N–H and O–H groups in total. The molecule has 0 spiro atoms. The summed E-state index contributed by atoms with van der Waals surface area (Å²) in [5.74, 6) is 1.07. The van der Waals surface area contributed by atoms with Gasteiger partial charge in [0.25, 0.3) is 0 Å². The van der Waals surface area contributed by atoms with Crippen molar-refractivity contribution in [3.63, 3.8) is 0 Å². The van der Waals surface area contributed by atoms with Gasteiger partial charge in [-0.1, -0.05) is 24.6 Å². The molecule has 0 saturated carbocycles. The minimum absolute atomic E-state index is 0.771. The van der Waals surface area contributed by atoms with E-state index in [1.807, 2.05) is 0 Å². The summed E-state index contributed by atoms with van der Waals surface area (Å²) in [6, 6.07) is 7.13. The Morgan fingerprint density at radius 1 is 0.960 bits per heavy atom. The van der Waals surface area contributed by atoms with Gasteiger partial charge >= 0.3 is 0 Å². The lowest BCUT2D eigenvalue weighted by Gasteiger charge is -2.40. The Labute approximate surface area is 153 Å². The molecule has 2 saturated heterocycles. The molecule has 1 atom stereocenters. The van der Waals surface area contributed by atoms with Gasteiger partial charge in [0, 0.05) is 45.3 Å². The maximum absolute atomic E-state index is 6.07. The molecule has 4 heteroatoms. The SMILES string of the molecule is Cc1cccc(C)c1OCCN1CCN(CC2CCCCN2C)CC1. The first kappa shape index (κ1) is 18.7. The molecule has 1 aromatic rings. The number of likely N-dealkylation sites (N-methyl/N-ethyl adjacent to an activating group) is 1. The average Bonchev–Trinajstić information content (AvgIpc) is 2.61. The minimum atomic E-state index is 0.771. The number of hydrogen-bond acceptors (Lipinski definition) is 4. The third-order valence-corrected chi connectivity index (χ3v) is 5.92. The summed E-state index contributed by atoms with van der Waals surface area (Å²) in [5.41, 5.74) is 2.47. The minimum Gasteiger partial charge on any atom is -0.492 e. The molecule has 25 heavy (non-hydrogen) atoms. The number of benzene rings is 1. The fourth-order valence-electron chi connectivity index (χ4n) is 4.17. The summed E-state index contributed by atoms with van der Waals surface area (Å²) in [6.07, 6.45) is 4.16. The van der Waals surface area contributed by atoms with Crippen LogP contribution < -0.4 is 4.74 Å². The van der Waals surface area contributed by atoms with E-state index in [1.54, 1.807) is 0 Å². The standard InChI is InChI=1S/C21H35N3O/c1-18-7-6-8-19(2)21(18)25-16-15-23-11-13-24(14-12-23)17-20-9-4-5-10-22(20)3/h6-8,20H,4-5,9-17H2,1-3H3. The van der Waals surface area contributed by atoms with Crippen LogP contribution in [0.3, 0.4) is 0 Å². The van der Waals surface area contributed by atoms with Crippen LogP contribution in [0.4, 0.5) is 0 Å². The van der Waals surface area contributed by atoms with Crippen molar-refractivity contribution >= 4 is 0 Å². The number of rotatable bonds is 6. The summed E-state index contributed by atoms with van der Waals surface area (Å²) in [7, 11) is 2.30. The Balaban J connectivity index is 1.36. The molecule has 4 nitrogen and oxygen atoms in total. The zero-order chi connectivity index (χ0) is 17.6. The predicted molar refractivity (Wildman–Crippen MR) is 105 cm³/mol. The second-order valence-electron chi connectivity index (χ2n) is 7.84. The van der Waals surface area contributed by atoms with Crippen LogP contribution in [0.25, 0.3) is 0 Å². The van der Waals surface area contributed by atoms with Gasteiger partial charge in [0.15, 0.2) is 0 Å². The highest BCUT2D eigenvalue weighted by Crippen LogP contribution is 2.22. The maximum atomic E-state index is 6.07. The monoisotopic (exact) mass is 345 g/mol. The van der Waals surface area contributed by atoms with Crippen LogP contribution in [0.5, 0.6) is 5.75 Å². The van der Waals surface area contributed by atoms with Crippen LogP contribution in [0, 0.1) is 13.8 Å².